The van der Waals surface area contributed by atoms with Crippen LogP contribution in [0.5, 0.6) is 0 Å². The molecule has 2 atom stereocenters. The van der Waals surface area contributed by atoms with Gasteiger partial charge in [-0.2, -0.15) is 0 Å². The lowest BCUT2D eigenvalue weighted by Crippen LogP contribution is -2.13. The zero-order valence-electron chi connectivity index (χ0n) is 14.0. The molecule has 0 aromatic heterocycles. The van der Waals surface area contributed by atoms with Crippen LogP contribution in [0.4, 0.5) is 5.69 Å². The molecule has 0 heterocycles. The minimum absolute atomic E-state index is 0.0575. The maximum Gasteiger partial charge on any atom is 0.310 e. The Balaban J connectivity index is 1.91. The second-order valence-electron chi connectivity index (χ2n) is 6.08. The summed E-state index contributed by atoms with van der Waals surface area (Å²) in [5.74, 6) is -1.22. The van der Waals surface area contributed by atoms with E-state index >= 15 is 0 Å². The van der Waals surface area contributed by atoms with Gasteiger partial charge in [0.2, 0.25) is 5.91 Å². The van der Waals surface area contributed by atoms with Crippen LogP contribution >= 0.6 is 0 Å². The van der Waals surface area contributed by atoms with Gasteiger partial charge in [-0.3, -0.25) is 9.59 Å². The predicted octanol–water partition coefficient (Wildman–Crippen LogP) is 4.40. The van der Waals surface area contributed by atoms with E-state index in [-0.39, 0.29) is 5.91 Å². The number of nitrogens with one attached hydrogen (secondary N) is 1. The number of carboxylic acids is 1. The number of hydrogen-bond acceptors (Lipinski definition) is 2. The number of carbonyl (C=O) groups is 2. The van der Waals surface area contributed by atoms with Gasteiger partial charge in [0.05, 0.1) is 5.92 Å². The maximum absolute atomic E-state index is 12.1. The number of rotatable bonds is 7. The Morgan fingerprint density at radius 3 is 2.33 bits per heavy atom. The standard InChI is InChI=1S/C20H23NO3/c1-14(16-7-4-3-5-8-16)11-12-19(22)21-18-10-6-9-17(13-18)15(2)20(23)24/h3-10,13-15H,11-12H2,1-2H3,(H,21,22)(H,23,24). The molecule has 0 aliphatic heterocycles. The predicted molar refractivity (Wildman–Crippen MR) is 95.2 cm³/mol. The van der Waals surface area contributed by atoms with Crippen molar-refractivity contribution < 1.29 is 14.7 Å². The van der Waals surface area contributed by atoms with Crippen molar-refractivity contribution >= 4 is 17.6 Å². The SMILES string of the molecule is CC(CCC(=O)Nc1cccc(C(C)C(=O)O)c1)c1ccccc1. The Labute approximate surface area is 142 Å². The molecule has 24 heavy (non-hydrogen) atoms. The Morgan fingerprint density at radius 1 is 1.00 bits per heavy atom. The molecule has 126 valence electrons. The molecule has 0 spiro atoms. The summed E-state index contributed by atoms with van der Waals surface area (Å²) < 4.78 is 0. The summed E-state index contributed by atoms with van der Waals surface area (Å²) in [7, 11) is 0. The summed E-state index contributed by atoms with van der Waals surface area (Å²) in [6.45, 7) is 3.74. The maximum atomic E-state index is 12.1. The van der Waals surface area contributed by atoms with Gasteiger partial charge in [0.15, 0.2) is 0 Å². The summed E-state index contributed by atoms with van der Waals surface area (Å²) in [4.78, 5) is 23.2. The first kappa shape index (κ1) is 17.7. The topological polar surface area (TPSA) is 66.4 Å². The van der Waals surface area contributed by atoms with Crippen molar-refractivity contribution in [1.82, 2.24) is 0 Å². The fourth-order valence-electron chi connectivity index (χ4n) is 2.55. The van der Waals surface area contributed by atoms with E-state index in [1.54, 1.807) is 31.2 Å². The first-order chi connectivity index (χ1) is 11.5. The number of benzene rings is 2. The fourth-order valence-corrected chi connectivity index (χ4v) is 2.55. The quantitative estimate of drug-likeness (QED) is 0.793. The summed E-state index contributed by atoms with van der Waals surface area (Å²) in [5.41, 5.74) is 2.54. The lowest BCUT2D eigenvalue weighted by Gasteiger charge is -2.13. The number of carboxylic acid groups (broad SMARTS) is 1. The van der Waals surface area contributed by atoms with Crippen LogP contribution < -0.4 is 5.32 Å². The molecule has 0 saturated carbocycles. The summed E-state index contributed by atoms with van der Waals surface area (Å²) in [6.07, 6.45) is 1.19. The molecule has 0 aliphatic carbocycles. The van der Waals surface area contributed by atoms with Crippen LogP contribution in [0.2, 0.25) is 0 Å². The van der Waals surface area contributed by atoms with Crippen LogP contribution in [-0.2, 0) is 9.59 Å². The van der Waals surface area contributed by atoms with Crippen molar-refractivity contribution in [3.63, 3.8) is 0 Å². The average molecular weight is 325 g/mol. The van der Waals surface area contributed by atoms with E-state index in [1.807, 2.05) is 18.2 Å². The van der Waals surface area contributed by atoms with Gasteiger partial charge in [-0.1, -0.05) is 49.4 Å². The van der Waals surface area contributed by atoms with Gasteiger partial charge < -0.3 is 10.4 Å². The molecule has 2 rings (SSSR count). The van der Waals surface area contributed by atoms with E-state index in [1.165, 1.54) is 5.56 Å². The second-order valence-corrected chi connectivity index (χ2v) is 6.08. The van der Waals surface area contributed by atoms with Crippen LogP contribution in [0, 0.1) is 0 Å². The molecule has 0 radical (unpaired) electrons. The molecule has 0 fully saturated rings. The van der Waals surface area contributed by atoms with Gasteiger partial charge in [0.25, 0.3) is 0 Å². The molecule has 2 unspecified atom stereocenters. The Hall–Kier alpha value is -2.62. The van der Waals surface area contributed by atoms with Gasteiger partial charge in [0.1, 0.15) is 0 Å². The van der Waals surface area contributed by atoms with Gasteiger partial charge in [-0.05, 0) is 42.5 Å². The molecule has 1 amide bonds. The Bertz CT molecular complexity index is 697. The molecule has 0 saturated heterocycles. The highest BCUT2D eigenvalue weighted by molar-refractivity contribution is 5.91. The molecule has 0 bridgehead atoms. The van der Waals surface area contributed by atoms with Crippen LogP contribution in [0.25, 0.3) is 0 Å². The molecule has 2 aromatic carbocycles. The van der Waals surface area contributed by atoms with E-state index in [9.17, 15) is 9.59 Å². The molecule has 0 aliphatic rings. The molecule has 2 N–H and O–H groups in total. The van der Waals surface area contributed by atoms with Crippen molar-refractivity contribution in [2.24, 2.45) is 0 Å². The number of carbonyl (C=O) groups excluding carboxylic acids is 1. The fraction of sp³-hybridized carbons (Fsp3) is 0.300. The van der Waals surface area contributed by atoms with Crippen LogP contribution in [0.3, 0.4) is 0 Å². The summed E-state index contributed by atoms with van der Waals surface area (Å²) in [5, 5.41) is 11.9. The van der Waals surface area contributed by atoms with Crippen molar-refractivity contribution in [2.45, 2.75) is 38.5 Å². The number of amides is 1. The normalized spacial score (nSPS) is 13.1. The molecule has 2 aromatic rings. The largest absolute Gasteiger partial charge is 0.481 e. The molecular formula is C20H23NO3. The van der Waals surface area contributed by atoms with Crippen molar-refractivity contribution in [2.75, 3.05) is 5.32 Å². The van der Waals surface area contributed by atoms with E-state index in [2.05, 4.69) is 24.4 Å². The van der Waals surface area contributed by atoms with Gasteiger partial charge in [-0.25, -0.2) is 0 Å². The van der Waals surface area contributed by atoms with E-state index in [0.717, 1.165) is 6.42 Å². The lowest BCUT2D eigenvalue weighted by atomic mass is 9.96. The molecule has 4 heteroatoms. The Kier molecular flexibility index (Phi) is 6.13. The average Bonchev–Trinajstić information content (AvgIpc) is 2.60. The van der Waals surface area contributed by atoms with Gasteiger partial charge >= 0.3 is 5.97 Å². The van der Waals surface area contributed by atoms with Crippen LogP contribution in [0.1, 0.15) is 49.7 Å². The lowest BCUT2D eigenvalue weighted by molar-refractivity contribution is -0.138. The number of hydrogen-bond donors (Lipinski definition) is 2. The van der Waals surface area contributed by atoms with Crippen molar-refractivity contribution in [3.05, 3.63) is 65.7 Å². The highest BCUT2D eigenvalue weighted by atomic mass is 16.4. The minimum atomic E-state index is -0.879. The molecular weight excluding hydrogens is 302 g/mol. The third-order valence-electron chi connectivity index (χ3n) is 4.21. The monoisotopic (exact) mass is 325 g/mol. The van der Waals surface area contributed by atoms with Gasteiger partial charge in [-0.15, -0.1) is 0 Å². The third kappa shape index (κ3) is 4.95. The van der Waals surface area contributed by atoms with Crippen LogP contribution in [0.15, 0.2) is 54.6 Å². The first-order valence-electron chi connectivity index (χ1n) is 8.15. The summed E-state index contributed by atoms with van der Waals surface area (Å²) in [6, 6.07) is 17.1. The molecule has 4 nitrogen and oxygen atoms in total. The van der Waals surface area contributed by atoms with E-state index in [0.29, 0.717) is 23.6 Å². The highest BCUT2D eigenvalue weighted by Gasteiger charge is 2.14. The highest BCUT2D eigenvalue weighted by Crippen LogP contribution is 2.22. The second kappa shape index (κ2) is 8.29. The number of anilines is 1. The zero-order valence-corrected chi connectivity index (χ0v) is 14.0. The first-order valence-corrected chi connectivity index (χ1v) is 8.15. The number of aliphatic carboxylic acids is 1. The zero-order chi connectivity index (χ0) is 17.5. The smallest absolute Gasteiger partial charge is 0.310 e. The van der Waals surface area contributed by atoms with Gasteiger partial charge in [0, 0.05) is 12.1 Å². The third-order valence-corrected chi connectivity index (χ3v) is 4.21. The van der Waals surface area contributed by atoms with Crippen LogP contribution in [-0.4, -0.2) is 17.0 Å². The van der Waals surface area contributed by atoms with Crippen molar-refractivity contribution in [1.29, 1.82) is 0 Å². The van der Waals surface area contributed by atoms with E-state index < -0.39 is 11.9 Å². The Morgan fingerprint density at radius 2 is 1.67 bits per heavy atom. The van der Waals surface area contributed by atoms with E-state index in [4.69, 9.17) is 5.11 Å². The van der Waals surface area contributed by atoms with Crippen molar-refractivity contribution in [3.8, 4) is 0 Å². The summed E-state index contributed by atoms with van der Waals surface area (Å²) >= 11 is 0. The minimum Gasteiger partial charge on any atom is -0.481 e.